The molecule has 0 spiro atoms. The summed E-state index contributed by atoms with van der Waals surface area (Å²) in [5.74, 6) is 1.16. The molecule has 1 fully saturated rings. The number of methoxy groups -OCH3 is 1. The lowest BCUT2D eigenvalue weighted by Crippen LogP contribution is -2.24. The molecule has 0 unspecified atom stereocenters. The van der Waals surface area contributed by atoms with E-state index in [0.717, 1.165) is 29.7 Å². The topological polar surface area (TPSA) is 107 Å². The minimum absolute atomic E-state index is 0.155. The maximum absolute atomic E-state index is 14.0. The zero-order chi connectivity index (χ0) is 24.3. The predicted octanol–water partition coefficient (Wildman–Crippen LogP) is 5.21. The first-order valence-electron chi connectivity index (χ1n) is 11.2. The number of nitrogens with zero attached hydrogens (tertiary/aromatic N) is 3. The Balaban J connectivity index is 1.69. The first-order valence-corrected chi connectivity index (χ1v) is 12.0. The molecule has 0 saturated heterocycles. The molecule has 9 heteroatoms. The number of fused-ring (bicyclic) bond motifs is 3. The monoisotopic (exact) mass is 487 g/mol. The van der Waals surface area contributed by atoms with E-state index in [4.69, 9.17) is 14.1 Å². The Morgan fingerprint density at radius 2 is 2.11 bits per heavy atom. The van der Waals surface area contributed by atoms with Crippen molar-refractivity contribution in [2.45, 2.75) is 32.2 Å². The van der Waals surface area contributed by atoms with Crippen LogP contribution in [0.3, 0.4) is 0 Å². The van der Waals surface area contributed by atoms with Crippen molar-refractivity contribution in [3.63, 3.8) is 0 Å². The number of hydrogen-bond donors (Lipinski definition) is 1. The van der Waals surface area contributed by atoms with Gasteiger partial charge in [0.1, 0.15) is 22.2 Å². The number of aromatic carboxylic acids is 1. The quantitative estimate of drug-likeness (QED) is 0.350. The SMILES string of the molecule is COc1ccc(-c2nc3sc4c(C(=O)O)c(C)ccc4c3c(=O)n2Cc2cnco2)c(C2CC2)c1. The summed E-state index contributed by atoms with van der Waals surface area (Å²) >= 11 is 1.24. The summed E-state index contributed by atoms with van der Waals surface area (Å²) in [5, 5.41) is 10.9. The second kappa shape index (κ2) is 8.06. The predicted molar refractivity (Wildman–Crippen MR) is 133 cm³/mol. The Hall–Kier alpha value is -3.98. The molecule has 1 aliphatic carbocycles. The molecule has 6 rings (SSSR count). The molecule has 3 aromatic heterocycles. The minimum atomic E-state index is -1.02. The molecule has 3 heterocycles. The van der Waals surface area contributed by atoms with Crippen LogP contribution in [0.25, 0.3) is 31.7 Å². The Morgan fingerprint density at radius 3 is 2.80 bits per heavy atom. The largest absolute Gasteiger partial charge is 0.497 e. The first kappa shape index (κ1) is 21.5. The Labute approximate surface area is 203 Å². The highest BCUT2D eigenvalue weighted by Gasteiger charge is 2.29. The number of carboxylic acids is 1. The van der Waals surface area contributed by atoms with Crippen LogP contribution in [0.4, 0.5) is 0 Å². The number of carboxylic acid groups (broad SMARTS) is 1. The van der Waals surface area contributed by atoms with Gasteiger partial charge in [-0.2, -0.15) is 0 Å². The van der Waals surface area contributed by atoms with Crippen molar-refractivity contribution in [2.75, 3.05) is 7.11 Å². The van der Waals surface area contributed by atoms with E-state index in [1.54, 1.807) is 36.9 Å². The van der Waals surface area contributed by atoms with Crippen molar-refractivity contribution < 1.29 is 19.1 Å². The molecule has 35 heavy (non-hydrogen) atoms. The highest BCUT2D eigenvalue weighted by atomic mass is 32.1. The smallest absolute Gasteiger partial charge is 0.337 e. The average Bonchev–Trinajstić information content (AvgIpc) is 3.43. The molecule has 5 aromatic rings. The van der Waals surface area contributed by atoms with E-state index in [-0.39, 0.29) is 17.7 Å². The van der Waals surface area contributed by atoms with Crippen LogP contribution >= 0.6 is 11.3 Å². The van der Waals surface area contributed by atoms with Crippen molar-refractivity contribution >= 4 is 37.6 Å². The number of hydrogen-bond acceptors (Lipinski definition) is 7. The van der Waals surface area contributed by atoms with Crippen LogP contribution in [-0.2, 0) is 6.54 Å². The zero-order valence-corrected chi connectivity index (χ0v) is 19.9. The molecule has 1 saturated carbocycles. The van der Waals surface area contributed by atoms with Crippen molar-refractivity contribution in [3.05, 3.63) is 75.7 Å². The summed E-state index contributed by atoms with van der Waals surface area (Å²) < 4.78 is 13.1. The van der Waals surface area contributed by atoms with E-state index in [0.29, 0.717) is 43.4 Å². The molecule has 0 radical (unpaired) electrons. The number of aromatic nitrogens is 3. The van der Waals surface area contributed by atoms with Gasteiger partial charge in [-0.1, -0.05) is 12.1 Å². The summed E-state index contributed by atoms with van der Waals surface area (Å²) in [5.41, 5.74) is 2.55. The number of aryl methyl sites for hydroxylation is 1. The van der Waals surface area contributed by atoms with E-state index >= 15 is 0 Å². The fourth-order valence-electron chi connectivity index (χ4n) is 4.62. The van der Waals surface area contributed by atoms with Crippen molar-refractivity contribution in [2.24, 2.45) is 0 Å². The van der Waals surface area contributed by atoms with Crippen molar-refractivity contribution in [1.29, 1.82) is 0 Å². The third-order valence-corrected chi connectivity index (χ3v) is 7.62. The fourth-order valence-corrected chi connectivity index (χ4v) is 5.87. The van der Waals surface area contributed by atoms with Crippen LogP contribution in [0, 0.1) is 6.92 Å². The van der Waals surface area contributed by atoms with E-state index in [2.05, 4.69) is 4.98 Å². The lowest BCUT2D eigenvalue weighted by atomic mass is 10.0. The average molecular weight is 488 g/mol. The molecule has 176 valence electrons. The summed E-state index contributed by atoms with van der Waals surface area (Å²) in [6.45, 7) is 1.91. The van der Waals surface area contributed by atoms with E-state index in [9.17, 15) is 14.7 Å². The number of thiophene rings is 1. The van der Waals surface area contributed by atoms with Crippen LogP contribution in [0.2, 0.25) is 0 Å². The van der Waals surface area contributed by atoms with Crippen LogP contribution in [0.15, 0.2) is 52.1 Å². The second-order valence-electron chi connectivity index (χ2n) is 8.74. The van der Waals surface area contributed by atoms with Gasteiger partial charge in [0.05, 0.1) is 35.5 Å². The Morgan fingerprint density at radius 1 is 1.29 bits per heavy atom. The molecular formula is C26H21N3O5S. The molecule has 2 aromatic carbocycles. The van der Waals surface area contributed by atoms with E-state index < -0.39 is 5.97 Å². The van der Waals surface area contributed by atoms with Gasteiger partial charge in [0, 0.05) is 10.9 Å². The van der Waals surface area contributed by atoms with Crippen molar-refractivity contribution in [1.82, 2.24) is 14.5 Å². The summed E-state index contributed by atoms with van der Waals surface area (Å²) in [4.78, 5) is 35.5. The van der Waals surface area contributed by atoms with Crippen LogP contribution in [0.1, 0.15) is 46.0 Å². The van der Waals surface area contributed by atoms with Gasteiger partial charge in [0.15, 0.2) is 6.39 Å². The molecule has 0 amide bonds. The summed E-state index contributed by atoms with van der Waals surface area (Å²) in [6, 6.07) is 9.37. The van der Waals surface area contributed by atoms with Gasteiger partial charge in [0.2, 0.25) is 0 Å². The Bertz CT molecular complexity index is 1680. The van der Waals surface area contributed by atoms with Gasteiger partial charge in [-0.05, 0) is 55.0 Å². The number of carbonyl (C=O) groups is 1. The van der Waals surface area contributed by atoms with E-state index in [1.807, 2.05) is 18.2 Å². The maximum Gasteiger partial charge on any atom is 0.337 e. The first-order chi connectivity index (χ1) is 17.0. The fraction of sp³-hybridized carbons (Fsp3) is 0.231. The standard InChI is InChI=1S/C26H21N3O5S/c1-13-3-7-18-21-24(35-22(18)20(13)26(31)32)28-23(29(25(21)30)11-16-10-27-12-34-16)17-8-6-15(33-2)9-19(17)14-4-5-14/h3,6-10,12,14H,4-5,11H2,1-2H3,(H,31,32). The van der Waals surface area contributed by atoms with Crippen LogP contribution < -0.4 is 10.3 Å². The number of ether oxygens (including phenoxy) is 1. The van der Waals surface area contributed by atoms with Crippen LogP contribution in [0.5, 0.6) is 5.75 Å². The van der Waals surface area contributed by atoms with Gasteiger partial charge in [-0.15, -0.1) is 11.3 Å². The zero-order valence-electron chi connectivity index (χ0n) is 19.1. The molecule has 0 atom stereocenters. The summed E-state index contributed by atoms with van der Waals surface area (Å²) in [7, 11) is 1.63. The maximum atomic E-state index is 14.0. The normalized spacial score (nSPS) is 13.5. The highest BCUT2D eigenvalue weighted by molar-refractivity contribution is 7.25. The third kappa shape index (κ3) is 3.50. The molecule has 1 aliphatic rings. The Kier molecular flexibility index (Phi) is 4.96. The van der Waals surface area contributed by atoms with Gasteiger partial charge >= 0.3 is 5.97 Å². The third-order valence-electron chi connectivity index (χ3n) is 6.50. The number of benzene rings is 2. The minimum Gasteiger partial charge on any atom is -0.497 e. The molecule has 0 aliphatic heterocycles. The van der Waals surface area contributed by atoms with E-state index in [1.165, 1.54) is 17.7 Å². The lowest BCUT2D eigenvalue weighted by molar-refractivity contribution is 0.0698. The number of rotatable bonds is 6. The lowest BCUT2D eigenvalue weighted by Gasteiger charge is -2.15. The molecule has 8 nitrogen and oxygen atoms in total. The van der Waals surface area contributed by atoms with Crippen LogP contribution in [-0.4, -0.2) is 32.7 Å². The number of oxazole rings is 1. The van der Waals surface area contributed by atoms with Gasteiger partial charge in [0.25, 0.3) is 5.56 Å². The molecule has 1 N–H and O–H groups in total. The van der Waals surface area contributed by atoms with Gasteiger partial charge < -0.3 is 14.3 Å². The second-order valence-corrected chi connectivity index (χ2v) is 9.74. The van der Waals surface area contributed by atoms with Gasteiger partial charge in [-0.3, -0.25) is 9.36 Å². The molecular weight excluding hydrogens is 466 g/mol. The highest BCUT2D eigenvalue weighted by Crippen LogP contribution is 2.46. The van der Waals surface area contributed by atoms with Gasteiger partial charge in [-0.25, -0.2) is 14.8 Å². The summed E-state index contributed by atoms with van der Waals surface area (Å²) in [6.07, 6.45) is 5.04. The van der Waals surface area contributed by atoms with Crippen molar-refractivity contribution in [3.8, 4) is 17.1 Å². The molecule has 0 bridgehead atoms.